The van der Waals surface area contributed by atoms with Gasteiger partial charge in [-0.25, -0.2) is 0 Å². The molecule has 6 nitrogen and oxygen atoms in total. The third kappa shape index (κ3) is 6.45. The SMILES string of the molecule is CN(CC(=O)Nc1c(Cl)cccc1Cl)CC(=O)N(C)CCC#N. The fraction of sp³-hybridized carbons (Fsp3) is 0.400. The van der Waals surface area contributed by atoms with Crippen molar-refractivity contribution in [3.8, 4) is 6.07 Å². The first-order valence-electron chi connectivity index (χ1n) is 6.88. The number of carbonyl (C=O) groups is 2. The Bertz CT molecular complexity index is 596. The zero-order chi connectivity index (χ0) is 17.4. The summed E-state index contributed by atoms with van der Waals surface area (Å²) in [6, 6.07) is 6.91. The van der Waals surface area contributed by atoms with Crippen molar-refractivity contribution >= 4 is 40.7 Å². The van der Waals surface area contributed by atoms with E-state index in [1.807, 2.05) is 6.07 Å². The van der Waals surface area contributed by atoms with E-state index in [1.54, 1.807) is 37.2 Å². The van der Waals surface area contributed by atoms with E-state index in [4.69, 9.17) is 28.5 Å². The second-order valence-corrected chi connectivity index (χ2v) is 5.85. The molecule has 1 aromatic carbocycles. The first-order chi connectivity index (χ1) is 10.8. The minimum absolute atomic E-state index is 0.0133. The number of hydrogen-bond acceptors (Lipinski definition) is 4. The number of carbonyl (C=O) groups excluding carboxylic acids is 2. The summed E-state index contributed by atoms with van der Waals surface area (Å²) in [5.41, 5.74) is 0.353. The number of nitrogens with zero attached hydrogens (tertiary/aromatic N) is 3. The number of halogens is 2. The maximum absolute atomic E-state index is 12.0. The van der Waals surface area contributed by atoms with E-state index in [1.165, 1.54) is 4.90 Å². The molecule has 0 bridgehead atoms. The summed E-state index contributed by atoms with van der Waals surface area (Å²) >= 11 is 12.0. The van der Waals surface area contributed by atoms with Crippen molar-refractivity contribution in [2.75, 3.05) is 39.0 Å². The molecule has 23 heavy (non-hydrogen) atoms. The van der Waals surface area contributed by atoms with E-state index in [0.717, 1.165) is 0 Å². The Labute approximate surface area is 145 Å². The van der Waals surface area contributed by atoms with Crippen LogP contribution < -0.4 is 5.32 Å². The molecule has 8 heteroatoms. The Kier molecular flexibility index (Phi) is 7.83. The third-order valence-electron chi connectivity index (χ3n) is 3.03. The van der Waals surface area contributed by atoms with Crippen molar-refractivity contribution in [2.45, 2.75) is 6.42 Å². The van der Waals surface area contributed by atoms with Gasteiger partial charge in [-0.3, -0.25) is 14.5 Å². The quantitative estimate of drug-likeness (QED) is 0.812. The van der Waals surface area contributed by atoms with Crippen LogP contribution >= 0.6 is 23.2 Å². The Morgan fingerprint density at radius 1 is 1.22 bits per heavy atom. The number of hydrogen-bond donors (Lipinski definition) is 1. The molecule has 0 aromatic heterocycles. The Hall–Kier alpha value is -1.81. The van der Waals surface area contributed by atoms with Crippen LogP contribution in [0.15, 0.2) is 18.2 Å². The lowest BCUT2D eigenvalue weighted by molar-refractivity contribution is -0.131. The Balaban J connectivity index is 2.51. The molecular formula is C15H18Cl2N4O2. The van der Waals surface area contributed by atoms with Crippen LogP contribution in [0.25, 0.3) is 0 Å². The lowest BCUT2D eigenvalue weighted by Gasteiger charge is -2.21. The van der Waals surface area contributed by atoms with Gasteiger partial charge < -0.3 is 10.2 Å². The Morgan fingerprint density at radius 2 is 1.83 bits per heavy atom. The van der Waals surface area contributed by atoms with Gasteiger partial charge in [0.05, 0.1) is 41.3 Å². The molecule has 0 saturated heterocycles. The van der Waals surface area contributed by atoms with Crippen LogP contribution in [0.1, 0.15) is 6.42 Å². The van der Waals surface area contributed by atoms with Gasteiger partial charge in [-0.15, -0.1) is 0 Å². The van der Waals surface area contributed by atoms with Crippen LogP contribution in [-0.4, -0.2) is 55.3 Å². The highest BCUT2D eigenvalue weighted by atomic mass is 35.5. The van der Waals surface area contributed by atoms with Crippen molar-refractivity contribution < 1.29 is 9.59 Å². The zero-order valence-corrected chi connectivity index (χ0v) is 14.5. The second kappa shape index (κ2) is 9.36. The summed E-state index contributed by atoms with van der Waals surface area (Å²) < 4.78 is 0. The monoisotopic (exact) mass is 356 g/mol. The van der Waals surface area contributed by atoms with Gasteiger partial charge in [-0.05, 0) is 19.2 Å². The predicted octanol–water partition coefficient (Wildman–Crippen LogP) is 2.24. The summed E-state index contributed by atoms with van der Waals surface area (Å²) in [7, 11) is 3.28. The predicted molar refractivity (Wildman–Crippen MR) is 90.5 cm³/mol. The second-order valence-electron chi connectivity index (χ2n) is 5.04. The van der Waals surface area contributed by atoms with Crippen molar-refractivity contribution in [1.29, 1.82) is 5.26 Å². The molecule has 1 aromatic rings. The van der Waals surface area contributed by atoms with Crippen LogP contribution in [-0.2, 0) is 9.59 Å². The lowest BCUT2D eigenvalue weighted by Crippen LogP contribution is -2.40. The maximum Gasteiger partial charge on any atom is 0.238 e. The van der Waals surface area contributed by atoms with Gasteiger partial charge in [0.15, 0.2) is 0 Å². The molecule has 1 N–H and O–H groups in total. The van der Waals surface area contributed by atoms with Gasteiger partial charge in [-0.2, -0.15) is 5.26 Å². The first kappa shape index (κ1) is 19.2. The van der Waals surface area contributed by atoms with Crippen LogP contribution in [0.4, 0.5) is 5.69 Å². The third-order valence-corrected chi connectivity index (χ3v) is 3.66. The fourth-order valence-corrected chi connectivity index (χ4v) is 2.28. The highest BCUT2D eigenvalue weighted by Gasteiger charge is 2.15. The molecule has 0 saturated carbocycles. The molecule has 0 unspecified atom stereocenters. The summed E-state index contributed by atoms with van der Waals surface area (Å²) in [6.45, 7) is 0.454. The summed E-state index contributed by atoms with van der Waals surface area (Å²) in [6.07, 6.45) is 0.275. The van der Waals surface area contributed by atoms with E-state index in [0.29, 0.717) is 22.3 Å². The summed E-state index contributed by atoms with van der Waals surface area (Å²) in [5.74, 6) is -0.485. The van der Waals surface area contributed by atoms with E-state index in [9.17, 15) is 9.59 Å². The first-order valence-corrected chi connectivity index (χ1v) is 7.64. The number of benzene rings is 1. The smallest absolute Gasteiger partial charge is 0.238 e. The van der Waals surface area contributed by atoms with Crippen molar-refractivity contribution in [2.24, 2.45) is 0 Å². The van der Waals surface area contributed by atoms with Gasteiger partial charge in [-0.1, -0.05) is 29.3 Å². The van der Waals surface area contributed by atoms with Crippen molar-refractivity contribution in [3.63, 3.8) is 0 Å². The maximum atomic E-state index is 12.0. The summed E-state index contributed by atoms with van der Waals surface area (Å²) in [5, 5.41) is 11.8. The van der Waals surface area contributed by atoms with Crippen LogP contribution in [0.5, 0.6) is 0 Å². The number of rotatable bonds is 7. The molecule has 0 fully saturated rings. The van der Waals surface area contributed by atoms with Gasteiger partial charge in [0.2, 0.25) is 11.8 Å². The molecule has 0 heterocycles. The highest BCUT2D eigenvalue weighted by molar-refractivity contribution is 6.39. The van der Waals surface area contributed by atoms with Crippen LogP contribution in [0.3, 0.4) is 0 Å². The molecule has 1 rings (SSSR count). The van der Waals surface area contributed by atoms with E-state index < -0.39 is 0 Å². The molecule has 2 amide bonds. The number of nitrogens with one attached hydrogen (secondary N) is 1. The zero-order valence-electron chi connectivity index (χ0n) is 13.0. The average Bonchev–Trinajstić information content (AvgIpc) is 2.48. The van der Waals surface area contributed by atoms with Gasteiger partial charge >= 0.3 is 0 Å². The number of likely N-dealkylation sites (N-methyl/N-ethyl adjacent to an activating group) is 2. The minimum Gasteiger partial charge on any atom is -0.344 e. The molecule has 0 aliphatic heterocycles. The van der Waals surface area contributed by atoms with Crippen molar-refractivity contribution in [3.05, 3.63) is 28.2 Å². The van der Waals surface area contributed by atoms with Gasteiger partial charge in [0.25, 0.3) is 0 Å². The van der Waals surface area contributed by atoms with E-state index in [2.05, 4.69) is 5.32 Å². The van der Waals surface area contributed by atoms with E-state index >= 15 is 0 Å². The topological polar surface area (TPSA) is 76.4 Å². The highest BCUT2D eigenvalue weighted by Crippen LogP contribution is 2.29. The number of para-hydroxylation sites is 1. The van der Waals surface area contributed by atoms with Crippen LogP contribution in [0, 0.1) is 11.3 Å². The number of anilines is 1. The van der Waals surface area contributed by atoms with E-state index in [-0.39, 0.29) is 31.3 Å². The molecule has 124 valence electrons. The number of nitriles is 1. The molecule has 0 spiro atoms. The standard InChI is InChI=1S/C15H18Cl2N4O2/c1-20(10-14(23)21(2)8-4-7-18)9-13(22)19-15-11(16)5-3-6-12(15)17/h3,5-6H,4,8-10H2,1-2H3,(H,19,22). The van der Waals surface area contributed by atoms with Crippen molar-refractivity contribution in [1.82, 2.24) is 9.80 Å². The van der Waals surface area contributed by atoms with Crippen LogP contribution in [0.2, 0.25) is 10.0 Å². The van der Waals surface area contributed by atoms with Gasteiger partial charge in [0.1, 0.15) is 0 Å². The average molecular weight is 357 g/mol. The largest absolute Gasteiger partial charge is 0.344 e. The molecule has 0 aliphatic carbocycles. The lowest BCUT2D eigenvalue weighted by atomic mass is 10.3. The molecular weight excluding hydrogens is 339 g/mol. The number of amides is 2. The molecule has 0 aliphatic rings. The normalized spacial score (nSPS) is 10.3. The molecule has 0 atom stereocenters. The Morgan fingerprint density at radius 3 is 2.39 bits per heavy atom. The fourth-order valence-electron chi connectivity index (χ4n) is 1.79. The minimum atomic E-state index is -0.324. The summed E-state index contributed by atoms with van der Waals surface area (Å²) in [4.78, 5) is 27.0. The molecule has 0 radical (unpaired) electrons. The van der Waals surface area contributed by atoms with Gasteiger partial charge in [0, 0.05) is 13.6 Å².